The molecular weight excluding hydrogens is 630 g/mol. The van der Waals surface area contributed by atoms with Gasteiger partial charge in [0.25, 0.3) is 5.91 Å². The van der Waals surface area contributed by atoms with Crippen molar-refractivity contribution >= 4 is 16.9 Å². The van der Waals surface area contributed by atoms with Crippen LogP contribution >= 0.6 is 0 Å². The highest BCUT2D eigenvalue weighted by Crippen LogP contribution is 2.47. The van der Waals surface area contributed by atoms with Crippen LogP contribution in [0.2, 0.25) is 0 Å². The summed E-state index contributed by atoms with van der Waals surface area (Å²) in [7, 11) is -0.293. The molecule has 0 radical (unpaired) electrons. The molecular formula is C32H35F4N3O6S. The summed E-state index contributed by atoms with van der Waals surface area (Å²) in [6.07, 6.45) is -3.50. The molecule has 2 aromatic carbocycles. The maximum absolute atomic E-state index is 14.8. The molecule has 248 valence electrons. The average molecular weight is 666 g/mol. The molecule has 0 spiro atoms. The monoisotopic (exact) mass is 665 g/mol. The van der Waals surface area contributed by atoms with Gasteiger partial charge in [-0.3, -0.25) is 4.79 Å². The number of carbonyl (C=O) groups is 1. The van der Waals surface area contributed by atoms with Gasteiger partial charge in [0.15, 0.2) is 17.2 Å². The van der Waals surface area contributed by atoms with Crippen LogP contribution in [-0.2, 0) is 22.1 Å². The van der Waals surface area contributed by atoms with E-state index in [0.717, 1.165) is 31.0 Å². The van der Waals surface area contributed by atoms with Gasteiger partial charge in [-0.2, -0.15) is 13.2 Å². The topological polar surface area (TPSA) is 119 Å². The second-order valence-electron chi connectivity index (χ2n) is 12.6. The maximum atomic E-state index is 14.8. The van der Waals surface area contributed by atoms with Crippen LogP contribution in [0, 0.1) is 5.82 Å². The number of nitrogens with one attached hydrogen (secondary N) is 2. The Hall–Kier alpha value is -3.75. The first-order valence-electron chi connectivity index (χ1n) is 14.5. The van der Waals surface area contributed by atoms with Crippen LogP contribution in [0.3, 0.4) is 0 Å². The van der Waals surface area contributed by atoms with Gasteiger partial charge in [-0.25, -0.2) is 18.3 Å². The number of nitrogens with zero attached hydrogens (tertiary/aromatic N) is 1. The minimum atomic E-state index is -5.32. The van der Waals surface area contributed by atoms with E-state index in [-0.39, 0.29) is 46.6 Å². The Balaban J connectivity index is 1.54. The predicted octanol–water partition coefficient (Wildman–Crippen LogP) is 5.28. The van der Waals surface area contributed by atoms with Crippen molar-refractivity contribution in [3.63, 3.8) is 0 Å². The molecule has 2 heterocycles. The van der Waals surface area contributed by atoms with Crippen molar-refractivity contribution in [3.05, 3.63) is 71.2 Å². The van der Waals surface area contributed by atoms with Crippen molar-refractivity contribution in [2.24, 2.45) is 0 Å². The molecule has 3 atom stereocenters. The third kappa shape index (κ3) is 6.69. The van der Waals surface area contributed by atoms with Gasteiger partial charge < -0.3 is 24.6 Å². The Kier molecular flexibility index (Phi) is 8.86. The van der Waals surface area contributed by atoms with E-state index in [4.69, 9.17) is 14.2 Å². The lowest BCUT2D eigenvalue weighted by Crippen LogP contribution is -2.52. The van der Waals surface area contributed by atoms with E-state index in [1.165, 1.54) is 37.4 Å². The Morgan fingerprint density at radius 2 is 1.78 bits per heavy atom. The van der Waals surface area contributed by atoms with Gasteiger partial charge in [-0.15, -0.1) is 0 Å². The maximum Gasteiger partial charge on any atom is 0.424 e. The summed E-state index contributed by atoms with van der Waals surface area (Å²) in [4.78, 5) is 17.3. The minimum Gasteiger partial charge on any atom is -0.493 e. The van der Waals surface area contributed by atoms with Gasteiger partial charge in [0.1, 0.15) is 18.1 Å². The van der Waals surface area contributed by atoms with Crippen molar-refractivity contribution in [2.45, 2.75) is 68.7 Å². The number of halogens is 4. The van der Waals surface area contributed by atoms with Crippen molar-refractivity contribution in [1.82, 2.24) is 15.0 Å². The molecule has 0 bridgehead atoms. The number of benzene rings is 2. The number of aliphatic hydroxyl groups is 1. The van der Waals surface area contributed by atoms with Crippen LogP contribution in [0.25, 0.3) is 11.3 Å². The van der Waals surface area contributed by atoms with Crippen molar-refractivity contribution in [1.29, 1.82) is 0 Å². The van der Waals surface area contributed by atoms with Crippen LogP contribution in [0.1, 0.15) is 62.2 Å². The van der Waals surface area contributed by atoms with E-state index in [2.05, 4.69) is 15.0 Å². The number of pyridine rings is 1. The highest BCUT2D eigenvalue weighted by molar-refractivity contribution is 7.84. The second kappa shape index (κ2) is 12.1. The molecule has 1 aliphatic heterocycles. The number of fused-ring (bicyclic) bond motifs is 1. The summed E-state index contributed by atoms with van der Waals surface area (Å²) in [5.41, 5.74) is -5.54. The normalized spacial score (nSPS) is 19.9. The first-order valence-corrected chi connectivity index (χ1v) is 15.7. The molecule has 1 aliphatic carbocycles. The van der Waals surface area contributed by atoms with Crippen molar-refractivity contribution < 1.29 is 45.9 Å². The number of ether oxygens (including phenoxy) is 3. The second-order valence-corrected chi connectivity index (χ2v) is 14.5. The summed E-state index contributed by atoms with van der Waals surface area (Å²) in [5.74, 6) is -0.771. The molecule has 5 rings (SSSR count). The summed E-state index contributed by atoms with van der Waals surface area (Å²) in [5, 5.41) is 13.6. The van der Waals surface area contributed by atoms with E-state index in [1.54, 1.807) is 27.7 Å². The molecule has 3 aromatic rings. The highest BCUT2D eigenvalue weighted by atomic mass is 32.2. The molecule has 1 amide bonds. The zero-order valence-corrected chi connectivity index (χ0v) is 26.7. The van der Waals surface area contributed by atoms with Gasteiger partial charge >= 0.3 is 6.18 Å². The number of methoxy groups -OCH3 is 1. The average Bonchev–Trinajstić information content (AvgIpc) is 3.75. The molecule has 46 heavy (non-hydrogen) atoms. The zero-order valence-electron chi connectivity index (χ0n) is 25.9. The van der Waals surface area contributed by atoms with E-state index in [1.807, 2.05) is 0 Å². The SMILES string of the molecule is COc1cc(C(=O)NCC(O)(c2cc3c(c(-c4ccc(F)cc4)n2)OCC3(C)NS(=O)C(C)(C)C)C(F)(F)F)ccc1OC1CC1. The number of hydrogen-bond acceptors (Lipinski definition) is 7. The fourth-order valence-corrected chi connectivity index (χ4v) is 5.64. The summed E-state index contributed by atoms with van der Waals surface area (Å²) in [6, 6.07) is 10.1. The molecule has 1 saturated carbocycles. The van der Waals surface area contributed by atoms with E-state index >= 15 is 0 Å². The molecule has 0 saturated heterocycles. The number of amides is 1. The highest BCUT2D eigenvalue weighted by Gasteiger charge is 2.57. The van der Waals surface area contributed by atoms with Gasteiger partial charge in [0.05, 0.1) is 46.7 Å². The van der Waals surface area contributed by atoms with Crippen LogP contribution in [-0.4, -0.2) is 57.5 Å². The fraction of sp³-hybridized carbons (Fsp3) is 0.438. The van der Waals surface area contributed by atoms with Gasteiger partial charge in [-0.05, 0) is 89.1 Å². The standard InChI is InChI=1S/C32H35F4N3O6S/c1-29(2,3)46(42)39-30(4)17-44-27-22(30)15-25(38-26(27)18-6-9-20(33)10-7-18)31(41,32(34,35)36)16-37-28(40)19-8-13-23(24(14-19)43-5)45-21-11-12-21/h6-10,13-15,21,39,41H,11-12,16-17H2,1-5H3,(H,37,40). The molecule has 3 unspecified atom stereocenters. The van der Waals surface area contributed by atoms with Gasteiger partial charge in [0, 0.05) is 16.7 Å². The number of carbonyl (C=O) groups excluding carboxylic acids is 1. The number of rotatable bonds is 10. The Morgan fingerprint density at radius 3 is 2.37 bits per heavy atom. The summed E-state index contributed by atoms with van der Waals surface area (Å²) < 4.78 is 90.5. The fourth-order valence-electron chi connectivity index (χ4n) is 4.76. The Morgan fingerprint density at radius 1 is 1.11 bits per heavy atom. The number of alkyl halides is 3. The Bertz CT molecular complexity index is 1660. The third-order valence-electron chi connectivity index (χ3n) is 7.71. The number of hydrogen-bond donors (Lipinski definition) is 3. The van der Waals surface area contributed by atoms with Gasteiger partial charge in [0.2, 0.25) is 5.60 Å². The zero-order chi connectivity index (χ0) is 33.7. The molecule has 3 N–H and O–H groups in total. The quantitative estimate of drug-likeness (QED) is 0.253. The lowest BCUT2D eigenvalue weighted by Gasteiger charge is -2.32. The van der Waals surface area contributed by atoms with Crippen molar-refractivity contribution in [2.75, 3.05) is 20.3 Å². The van der Waals surface area contributed by atoms with Gasteiger partial charge in [-0.1, -0.05) is 0 Å². The largest absolute Gasteiger partial charge is 0.493 e. The summed E-state index contributed by atoms with van der Waals surface area (Å²) >= 11 is 0. The van der Waals surface area contributed by atoms with Crippen LogP contribution < -0.4 is 24.2 Å². The van der Waals surface area contributed by atoms with E-state index in [9.17, 15) is 31.7 Å². The third-order valence-corrected chi connectivity index (χ3v) is 9.45. The minimum absolute atomic E-state index is 0.0201. The van der Waals surface area contributed by atoms with Crippen LogP contribution in [0.5, 0.6) is 17.2 Å². The van der Waals surface area contributed by atoms with Crippen molar-refractivity contribution in [3.8, 4) is 28.5 Å². The number of aromatic nitrogens is 1. The smallest absolute Gasteiger partial charge is 0.424 e. The molecule has 9 nitrogen and oxygen atoms in total. The Labute approximate surface area is 266 Å². The molecule has 1 aromatic heterocycles. The van der Waals surface area contributed by atoms with E-state index in [0.29, 0.717) is 5.75 Å². The first-order chi connectivity index (χ1) is 21.4. The predicted molar refractivity (Wildman–Crippen MR) is 162 cm³/mol. The lowest BCUT2D eigenvalue weighted by atomic mass is 9.89. The first kappa shape index (κ1) is 33.6. The van der Waals surface area contributed by atoms with E-state index < -0.39 is 57.0 Å². The molecule has 2 aliphatic rings. The van der Waals surface area contributed by atoms with Crippen LogP contribution in [0.15, 0.2) is 48.5 Å². The summed E-state index contributed by atoms with van der Waals surface area (Å²) in [6.45, 7) is 5.38. The lowest BCUT2D eigenvalue weighted by molar-refractivity contribution is -0.265. The van der Waals surface area contributed by atoms with Crippen LogP contribution in [0.4, 0.5) is 17.6 Å². The molecule has 1 fully saturated rings. The molecule has 14 heteroatoms.